The molecular weight excluding hydrogens is 332 g/mol. The molecule has 0 aromatic heterocycles. The smallest absolute Gasteiger partial charge is 0.0877 e. The number of morpholine rings is 1. The molecule has 1 atom stereocenters. The van der Waals surface area contributed by atoms with Crippen LogP contribution in [0.4, 0.5) is 5.69 Å². The summed E-state index contributed by atoms with van der Waals surface area (Å²) in [6.45, 7) is 5.47. The maximum absolute atomic E-state index is 6.88. The van der Waals surface area contributed by atoms with Crippen molar-refractivity contribution in [3.8, 4) is 0 Å². The summed E-state index contributed by atoms with van der Waals surface area (Å²) >= 11 is 0. The van der Waals surface area contributed by atoms with Crippen LogP contribution in [0.5, 0.6) is 0 Å². The van der Waals surface area contributed by atoms with Crippen molar-refractivity contribution in [1.82, 2.24) is 4.90 Å². The van der Waals surface area contributed by atoms with E-state index in [0.717, 1.165) is 32.6 Å². The highest BCUT2D eigenvalue weighted by atomic mass is 16.5. The summed E-state index contributed by atoms with van der Waals surface area (Å²) in [5, 5.41) is 0. The average molecular weight is 363 g/mol. The van der Waals surface area contributed by atoms with Gasteiger partial charge in [0.15, 0.2) is 0 Å². The molecule has 1 unspecified atom stereocenters. The monoisotopic (exact) mass is 362 g/mol. The minimum Gasteiger partial charge on any atom is -0.366 e. The van der Waals surface area contributed by atoms with Gasteiger partial charge in [0.05, 0.1) is 11.2 Å². The summed E-state index contributed by atoms with van der Waals surface area (Å²) in [6, 6.07) is 21.8. The van der Waals surface area contributed by atoms with E-state index in [0.29, 0.717) is 0 Å². The van der Waals surface area contributed by atoms with Crippen LogP contribution in [0.1, 0.15) is 37.7 Å². The Labute approximate surface area is 162 Å². The third-order valence-electron chi connectivity index (χ3n) is 6.56. The molecule has 2 aromatic rings. The second-order valence-corrected chi connectivity index (χ2v) is 8.77. The normalized spacial score (nSPS) is 27.6. The number of likely N-dealkylation sites (tertiary alicyclic amines) is 1. The zero-order valence-electron chi connectivity index (χ0n) is 16.1. The molecule has 0 N–H and O–H groups in total. The van der Waals surface area contributed by atoms with Gasteiger partial charge in [-0.25, -0.2) is 0 Å². The molecule has 27 heavy (non-hydrogen) atoms. The maximum atomic E-state index is 6.88. The van der Waals surface area contributed by atoms with E-state index in [9.17, 15) is 0 Å². The first kappa shape index (κ1) is 17.3. The lowest BCUT2D eigenvalue weighted by atomic mass is 9.90. The zero-order chi connectivity index (χ0) is 18.2. The molecule has 0 amide bonds. The Kier molecular flexibility index (Phi) is 4.45. The fourth-order valence-electron chi connectivity index (χ4n) is 4.98. The Morgan fingerprint density at radius 2 is 1.41 bits per heavy atom. The maximum Gasteiger partial charge on any atom is 0.0877 e. The van der Waals surface area contributed by atoms with E-state index in [1.807, 2.05) is 0 Å². The first-order valence-electron chi connectivity index (χ1n) is 10.5. The number of ether oxygens (including phenoxy) is 1. The first-order valence-corrected chi connectivity index (χ1v) is 10.5. The number of nitrogens with zero attached hydrogens (tertiary/aromatic N) is 2. The number of hydrogen-bond acceptors (Lipinski definition) is 3. The number of hydrogen-bond donors (Lipinski definition) is 0. The van der Waals surface area contributed by atoms with Gasteiger partial charge >= 0.3 is 0 Å². The Morgan fingerprint density at radius 3 is 2.11 bits per heavy atom. The number of benzene rings is 2. The van der Waals surface area contributed by atoms with E-state index < -0.39 is 0 Å². The molecule has 2 spiro atoms. The molecule has 2 heterocycles. The third-order valence-corrected chi connectivity index (χ3v) is 6.56. The van der Waals surface area contributed by atoms with Gasteiger partial charge in [-0.05, 0) is 56.3 Å². The van der Waals surface area contributed by atoms with Gasteiger partial charge in [0.2, 0.25) is 0 Å². The minimum atomic E-state index is 0.0238. The molecule has 3 aliphatic rings. The van der Waals surface area contributed by atoms with Gasteiger partial charge in [-0.3, -0.25) is 4.90 Å². The SMILES string of the molecule is c1ccc(CN2CCCC3(CC2)CN(c2ccccc2)CC2(CC2)O3)cc1. The second kappa shape index (κ2) is 6.96. The minimum absolute atomic E-state index is 0.0238. The van der Waals surface area contributed by atoms with Gasteiger partial charge in [-0.15, -0.1) is 0 Å². The van der Waals surface area contributed by atoms with Gasteiger partial charge in [0, 0.05) is 31.9 Å². The zero-order valence-corrected chi connectivity index (χ0v) is 16.1. The van der Waals surface area contributed by atoms with Crippen LogP contribution in [-0.2, 0) is 11.3 Å². The molecule has 2 aromatic carbocycles. The lowest BCUT2D eigenvalue weighted by molar-refractivity contribution is -0.127. The van der Waals surface area contributed by atoms with E-state index in [4.69, 9.17) is 4.74 Å². The van der Waals surface area contributed by atoms with Gasteiger partial charge in [0.25, 0.3) is 0 Å². The van der Waals surface area contributed by atoms with Crippen molar-refractivity contribution < 1.29 is 4.74 Å². The van der Waals surface area contributed by atoms with Gasteiger partial charge < -0.3 is 9.64 Å². The molecule has 0 bridgehead atoms. The van der Waals surface area contributed by atoms with Crippen molar-refractivity contribution in [2.24, 2.45) is 0 Å². The highest BCUT2D eigenvalue weighted by Gasteiger charge is 2.55. The van der Waals surface area contributed by atoms with Gasteiger partial charge in [0.1, 0.15) is 0 Å². The summed E-state index contributed by atoms with van der Waals surface area (Å²) in [7, 11) is 0. The first-order chi connectivity index (χ1) is 13.2. The third kappa shape index (κ3) is 3.76. The van der Waals surface area contributed by atoms with Crippen molar-refractivity contribution in [3.63, 3.8) is 0 Å². The van der Waals surface area contributed by atoms with Crippen molar-refractivity contribution >= 4 is 5.69 Å². The van der Waals surface area contributed by atoms with Crippen LogP contribution in [0.25, 0.3) is 0 Å². The van der Waals surface area contributed by atoms with Crippen LogP contribution in [0.3, 0.4) is 0 Å². The molecule has 1 saturated carbocycles. The summed E-state index contributed by atoms with van der Waals surface area (Å²) in [6.07, 6.45) is 6.01. The lowest BCUT2D eigenvalue weighted by Gasteiger charge is -2.48. The van der Waals surface area contributed by atoms with E-state index in [1.165, 1.54) is 43.5 Å². The Balaban J connectivity index is 1.31. The van der Waals surface area contributed by atoms with Crippen molar-refractivity contribution in [1.29, 1.82) is 0 Å². The van der Waals surface area contributed by atoms with Crippen LogP contribution in [0.2, 0.25) is 0 Å². The van der Waals surface area contributed by atoms with Gasteiger partial charge in [-0.2, -0.15) is 0 Å². The molecular formula is C24H30N2O. The van der Waals surface area contributed by atoms with Crippen LogP contribution < -0.4 is 4.90 Å². The van der Waals surface area contributed by atoms with Crippen LogP contribution in [-0.4, -0.2) is 42.3 Å². The average Bonchev–Trinajstić information content (AvgIpc) is 3.47. The molecule has 3 fully saturated rings. The molecule has 0 radical (unpaired) electrons. The summed E-state index contributed by atoms with van der Waals surface area (Å²) in [5.74, 6) is 0. The highest BCUT2D eigenvalue weighted by molar-refractivity contribution is 5.48. The second-order valence-electron chi connectivity index (χ2n) is 8.77. The Morgan fingerprint density at radius 1 is 0.741 bits per heavy atom. The largest absolute Gasteiger partial charge is 0.366 e. The van der Waals surface area contributed by atoms with E-state index >= 15 is 0 Å². The standard InChI is InChI=1S/C24H30N2O/c1-3-8-21(9-4-1)18-25-16-7-12-23(15-17-25)19-26(20-24(27-23)13-14-24)22-10-5-2-6-11-22/h1-6,8-11H,7,12-20H2. The van der Waals surface area contributed by atoms with Crippen molar-refractivity contribution in [2.45, 2.75) is 49.9 Å². The molecule has 3 heteroatoms. The summed E-state index contributed by atoms with van der Waals surface area (Å²) < 4.78 is 6.88. The summed E-state index contributed by atoms with van der Waals surface area (Å²) in [5.41, 5.74) is 2.93. The predicted octanol–water partition coefficient (Wildman–Crippen LogP) is 4.48. The summed E-state index contributed by atoms with van der Waals surface area (Å²) in [4.78, 5) is 5.22. The van der Waals surface area contributed by atoms with Crippen molar-refractivity contribution in [2.75, 3.05) is 31.1 Å². The van der Waals surface area contributed by atoms with E-state index in [-0.39, 0.29) is 11.2 Å². The number of rotatable bonds is 3. The van der Waals surface area contributed by atoms with Gasteiger partial charge in [-0.1, -0.05) is 48.5 Å². The molecule has 1 aliphatic carbocycles. The van der Waals surface area contributed by atoms with E-state index in [2.05, 4.69) is 70.5 Å². The molecule has 2 aliphatic heterocycles. The van der Waals surface area contributed by atoms with Crippen LogP contribution >= 0.6 is 0 Å². The number of para-hydroxylation sites is 1. The van der Waals surface area contributed by atoms with E-state index in [1.54, 1.807) is 0 Å². The fourth-order valence-corrected chi connectivity index (χ4v) is 4.98. The lowest BCUT2D eigenvalue weighted by Crippen LogP contribution is -2.57. The van der Waals surface area contributed by atoms with Crippen molar-refractivity contribution in [3.05, 3.63) is 66.2 Å². The Hall–Kier alpha value is -1.84. The quantitative estimate of drug-likeness (QED) is 0.801. The number of anilines is 1. The Bertz CT molecular complexity index is 758. The van der Waals surface area contributed by atoms with Crippen LogP contribution in [0, 0.1) is 0 Å². The topological polar surface area (TPSA) is 15.7 Å². The molecule has 2 saturated heterocycles. The molecule has 3 nitrogen and oxygen atoms in total. The molecule has 142 valence electrons. The van der Waals surface area contributed by atoms with Crippen LogP contribution in [0.15, 0.2) is 60.7 Å². The predicted molar refractivity (Wildman–Crippen MR) is 110 cm³/mol. The highest BCUT2D eigenvalue weighted by Crippen LogP contribution is 2.49. The molecule has 5 rings (SSSR count). The fraction of sp³-hybridized carbons (Fsp3) is 0.500.